The molecule has 174 valence electrons. The third kappa shape index (κ3) is 4.61. The molecule has 0 radical (unpaired) electrons. The van der Waals surface area contributed by atoms with Crippen molar-refractivity contribution in [2.75, 3.05) is 18.4 Å². The Morgan fingerprint density at radius 2 is 1.50 bits per heavy atom. The molecule has 5 rings (SSSR count). The van der Waals surface area contributed by atoms with Crippen molar-refractivity contribution in [1.82, 2.24) is 9.29 Å². The molecule has 0 bridgehead atoms. The number of benzene rings is 3. The van der Waals surface area contributed by atoms with Gasteiger partial charge in [-0.25, -0.2) is 13.4 Å². The molecule has 1 N–H and O–H groups in total. The van der Waals surface area contributed by atoms with Crippen LogP contribution in [0.4, 0.5) is 5.13 Å². The molecule has 2 heterocycles. The number of amides is 1. The van der Waals surface area contributed by atoms with E-state index >= 15 is 0 Å². The van der Waals surface area contributed by atoms with Crippen LogP contribution in [0, 0.1) is 0 Å². The lowest BCUT2D eigenvalue weighted by atomic mass is 9.90. The van der Waals surface area contributed by atoms with Crippen LogP contribution >= 0.6 is 11.3 Å². The van der Waals surface area contributed by atoms with Crippen LogP contribution in [-0.2, 0) is 14.8 Å². The van der Waals surface area contributed by atoms with Gasteiger partial charge < -0.3 is 5.32 Å². The molecule has 0 unspecified atom stereocenters. The first-order valence-corrected chi connectivity index (χ1v) is 13.6. The predicted octanol–water partition coefficient (Wildman–Crippen LogP) is 5.24. The summed E-state index contributed by atoms with van der Waals surface area (Å²) in [5.41, 5.74) is 2.44. The van der Waals surface area contributed by atoms with Crippen molar-refractivity contribution < 1.29 is 13.2 Å². The standard InChI is InChI=1S/C26H25N3O3S2/c30-25(24(19-10-4-1-5-11-19)20-12-6-2-7-13-20)28-26-27-22-15-14-21(18-23(22)33-26)34(31,32)29-16-8-3-9-17-29/h1-2,4-7,10-15,18,24H,3,8-9,16-17H2,(H,27,28,30). The van der Waals surface area contributed by atoms with Crippen molar-refractivity contribution in [3.63, 3.8) is 0 Å². The summed E-state index contributed by atoms with van der Waals surface area (Å²) in [5.74, 6) is -0.665. The Bertz CT molecular complexity index is 1360. The van der Waals surface area contributed by atoms with Gasteiger partial charge in [-0.15, -0.1) is 0 Å². The van der Waals surface area contributed by atoms with E-state index in [4.69, 9.17) is 0 Å². The van der Waals surface area contributed by atoms with Crippen LogP contribution in [0.1, 0.15) is 36.3 Å². The summed E-state index contributed by atoms with van der Waals surface area (Å²) in [6.45, 7) is 1.12. The van der Waals surface area contributed by atoms with E-state index in [0.29, 0.717) is 23.7 Å². The number of carbonyl (C=O) groups is 1. The summed E-state index contributed by atoms with van der Waals surface area (Å²) in [5, 5.41) is 3.41. The molecule has 1 saturated heterocycles. The Morgan fingerprint density at radius 1 is 0.882 bits per heavy atom. The molecule has 1 aliphatic heterocycles. The van der Waals surface area contributed by atoms with Crippen molar-refractivity contribution >= 4 is 42.6 Å². The van der Waals surface area contributed by atoms with Crippen molar-refractivity contribution in [2.24, 2.45) is 0 Å². The van der Waals surface area contributed by atoms with Crippen LogP contribution in [0.5, 0.6) is 0 Å². The third-order valence-corrected chi connectivity index (χ3v) is 8.90. The normalized spacial score (nSPS) is 15.0. The lowest BCUT2D eigenvalue weighted by Gasteiger charge is -2.25. The Balaban J connectivity index is 1.42. The minimum absolute atomic E-state index is 0.183. The number of aromatic nitrogens is 1. The summed E-state index contributed by atoms with van der Waals surface area (Å²) in [7, 11) is -3.53. The van der Waals surface area contributed by atoms with Gasteiger partial charge in [-0.05, 0) is 42.2 Å². The number of anilines is 1. The van der Waals surface area contributed by atoms with E-state index in [1.165, 1.54) is 11.3 Å². The van der Waals surface area contributed by atoms with Gasteiger partial charge >= 0.3 is 0 Å². The Labute approximate surface area is 203 Å². The first-order valence-electron chi connectivity index (χ1n) is 11.3. The highest BCUT2D eigenvalue weighted by Gasteiger charge is 2.27. The number of hydrogen-bond acceptors (Lipinski definition) is 5. The van der Waals surface area contributed by atoms with Crippen LogP contribution in [0.3, 0.4) is 0 Å². The zero-order chi connectivity index (χ0) is 23.5. The van der Waals surface area contributed by atoms with Crippen LogP contribution in [-0.4, -0.2) is 36.7 Å². The molecule has 0 aliphatic carbocycles. The summed E-state index contributed by atoms with van der Waals surface area (Å²) in [6, 6.07) is 24.2. The molecule has 1 aliphatic rings. The van der Waals surface area contributed by atoms with Gasteiger partial charge in [-0.1, -0.05) is 78.4 Å². The highest BCUT2D eigenvalue weighted by atomic mass is 32.2. The maximum absolute atomic E-state index is 13.4. The fourth-order valence-corrected chi connectivity index (χ4v) is 6.86. The number of piperidine rings is 1. The monoisotopic (exact) mass is 491 g/mol. The second-order valence-corrected chi connectivity index (χ2v) is 11.3. The average Bonchev–Trinajstić information content (AvgIpc) is 3.27. The zero-order valence-electron chi connectivity index (χ0n) is 18.6. The first-order chi connectivity index (χ1) is 16.5. The van der Waals surface area contributed by atoms with E-state index in [1.54, 1.807) is 22.5 Å². The molecule has 34 heavy (non-hydrogen) atoms. The summed E-state index contributed by atoms with van der Waals surface area (Å²) >= 11 is 1.28. The van der Waals surface area contributed by atoms with Crippen LogP contribution in [0.15, 0.2) is 83.8 Å². The van der Waals surface area contributed by atoms with E-state index in [1.807, 2.05) is 60.7 Å². The molecule has 0 saturated carbocycles. The molecule has 3 aromatic carbocycles. The molecule has 0 atom stereocenters. The first kappa shape index (κ1) is 22.7. The summed E-state index contributed by atoms with van der Waals surface area (Å²) in [4.78, 5) is 18.2. The minimum atomic E-state index is -3.53. The fourth-order valence-electron chi connectivity index (χ4n) is 4.34. The number of thiazole rings is 1. The smallest absolute Gasteiger partial charge is 0.243 e. The van der Waals surface area contributed by atoms with Gasteiger partial charge in [0.25, 0.3) is 0 Å². The van der Waals surface area contributed by atoms with Gasteiger partial charge in [0.15, 0.2) is 5.13 Å². The van der Waals surface area contributed by atoms with Crippen molar-refractivity contribution in [1.29, 1.82) is 0 Å². The molecule has 1 amide bonds. The number of sulfonamides is 1. The van der Waals surface area contributed by atoms with Crippen molar-refractivity contribution in [3.8, 4) is 0 Å². The van der Waals surface area contributed by atoms with Crippen molar-refractivity contribution in [3.05, 3.63) is 90.0 Å². The molecule has 4 aromatic rings. The van der Waals surface area contributed by atoms with Crippen LogP contribution < -0.4 is 5.32 Å². The maximum Gasteiger partial charge on any atom is 0.243 e. The highest BCUT2D eigenvalue weighted by Crippen LogP contribution is 2.32. The number of nitrogens with one attached hydrogen (secondary N) is 1. The van der Waals surface area contributed by atoms with Gasteiger partial charge in [0.1, 0.15) is 0 Å². The number of nitrogens with zero attached hydrogens (tertiary/aromatic N) is 2. The molecule has 8 heteroatoms. The Hall–Kier alpha value is -3.07. The topological polar surface area (TPSA) is 79.4 Å². The molecule has 6 nitrogen and oxygen atoms in total. The Morgan fingerprint density at radius 3 is 2.12 bits per heavy atom. The Kier molecular flexibility index (Phi) is 6.45. The largest absolute Gasteiger partial charge is 0.301 e. The van der Waals surface area contributed by atoms with Gasteiger partial charge in [0, 0.05) is 13.1 Å². The summed E-state index contributed by atoms with van der Waals surface area (Å²) in [6.07, 6.45) is 2.85. The molecule has 0 spiro atoms. The number of rotatable bonds is 6. The highest BCUT2D eigenvalue weighted by molar-refractivity contribution is 7.89. The van der Waals surface area contributed by atoms with E-state index in [9.17, 15) is 13.2 Å². The zero-order valence-corrected chi connectivity index (χ0v) is 20.2. The van der Waals surface area contributed by atoms with E-state index in [2.05, 4.69) is 10.3 Å². The fraction of sp³-hybridized carbons (Fsp3) is 0.231. The number of hydrogen-bond donors (Lipinski definition) is 1. The predicted molar refractivity (Wildman–Crippen MR) is 136 cm³/mol. The number of fused-ring (bicyclic) bond motifs is 1. The van der Waals surface area contributed by atoms with E-state index < -0.39 is 15.9 Å². The quantitative estimate of drug-likeness (QED) is 0.400. The van der Waals surface area contributed by atoms with Gasteiger partial charge in [-0.3, -0.25) is 4.79 Å². The van der Waals surface area contributed by atoms with Gasteiger partial charge in [-0.2, -0.15) is 4.31 Å². The van der Waals surface area contributed by atoms with E-state index in [0.717, 1.165) is 35.1 Å². The van der Waals surface area contributed by atoms with Crippen LogP contribution in [0.25, 0.3) is 10.2 Å². The van der Waals surface area contributed by atoms with Gasteiger partial charge in [0.05, 0.1) is 21.0 Å². The third-order valence-electron chi connectivity index (χ3n) is 6.07. The second-order valence-electron chi connectivity index (χ2n) is 8.36. The van der Waals surface area contributed by atoms with Crippen LogP contribution in [0.2, 0.25) is 0 Å². The molecule has 1 aromatic heterocycles. The van der Waals surface area contributed by atoms with E-state index in [-0.39, 0.29) is 10.8 Å². The SMILES string of the molecule is O=C(Nc1nc2ccc(S(=O)(=O)N3CCCCC3)cc2s1)C(c1ccccc1)c1ccccc1. The lowest BCUT2D eigenvalue weighted by molar-refractivity contribution is -0.116. The minimum Gasteiger partial charge on any atom is -0.301 e. The molecule has 1 fully saturated rings. The maximum atomic E-state index is 13.4. The summed E-state index contributed by atoms with van der Waals surface area (Å²) < 4.78 is 28.4. The average molecular weight is 492 g/mol. The van der Waals surface area contributed by atoms with Gasteiger partial charge in [0.2, 0.25) is 15.9 Å². The molecular formula is C26H25N3O3S2. The lowest BCUT2D eigenvalue weighted by Crippen LogP contribution is -2.35. The molecular weight excluding hydrogens is 466 g/mol. The van der Waals surface area contributed by atoms with Crippen molar-refractivity contribution in [2.45, 2.75) is 30.1 Å². The second kappa shape index (κ2) is 9.66. The number of carbonyl (C=O) groups excluding carboxylic acids is 1.